The first-order valence-electron chi connectivity index (χ1n) is 23.2. The van der Waals surface area contributed by atoms with Crippen molar-refractivity contribution in [2.75, 3.05) is 52.7 Å². The highest BCUT2D eigenvalue weighted by Gasteiger charge is 2.13. The Hall–Kier alpha value is -1.74. The summed E-state index contributed by atoms with van der Waals surface area (Å²) in [5, 5.41) is 9.37. The summed E-state index contributed by atoms with van der Waals surface area (Å²) in [5.41, 5.74) is 0. The van der Waals surface area contributed by atoms with E-state index >= 15 is 0 Å². The molecule has 0 aromatic heterocycles. The molecule has 0 saturated carbocycles. The molecule has 0 bridgehead atoms. The number of carbonyl (C=O) groups is 2. The van der Waals surface area contributed by atoms with Gasteiger partial charge in [-0.05, 0) is 103 Å². The van der Waals surface area contributed by atoms with Gasteiger partial charge in [0.05, 0.1) is 19.6 Å². The van der Waals surface area contributed by atoms with Crippen LogP contribution < -0.4 is 0 Å². The minimum atomic E-state index is -0.353. The topological polar surface area (TPSA) is 94.5 Å². The van der Waals surface area contributed by atoms with Crippen molar-refractivity contribution in [3.63, 3.8) is 0 Å². The Morgan fingerprint density at radius 2 is 0.927 bits per heavy atom. The van der Waals surface area contributed by atoms with Gasteiger partial charge in [-0.15, -0.1) is 0 Å². The minimum Gasteiger partial charge on any atom is -0.466 e. The zero-order valence-corrected chi connectivity index (χ0v) is 36.4. The van der Waals surface area contributed by atoms with E-state index in [4.69, 9.17) is 18.9 Å². The van der Waals surface area contributed by atoms with Crippen LogP contribution in [0.2, 0.25) is 0 Å². The molecule has 1 N–H and O–H groups in total. The SMILES string of the molecule is CC/C=C\CCCCOC(CCC(=O)OCCCCCCCN(CCCO)CCCCCCCC(=O)OCCCCCCCCC)OCCCC/C=C\CC. The van der Waals surface area contributed by atoms with Crippen molar-refractivity contribution in [1.29, 1.82) is 0 Å². The molecular weight excluding hydrogens is 691 g/mol. The van der Waals surface area contributed by atoms with Gasteiger partial charge in [-0.25, -0.2) is 0 Å². The second kappa shape index (κ2) is 45.0. The van der Waals surface area contributed by atoms with Gasteiger partial charge in [-0.1, -0.05) is 122 Å². The van der Waals surface area contributed by atoms with Crippen molar-refractivity contribution in [3.05, 3.63) is 24.3 Å². The summed E-state index contributed by atoms with van der Waals surface area (Å²) in [7, 11) is 0. The molecule has 0 fully saturated rings. The van der Waals surface area contributed by atoms with Gasteiger partial charge >= 0.3 is 11.9 Å². The van der Waals surface area contributed by atoms with E-state index in [9.17, 15) is 14.7 Å². The number of hydrogen-bond acceptors (Lipinski definition) is 8. The van der Waals surface area contributed by atoms with E-state index in [0.717, 1.165) is 142 Å². The van der Waals surface area contributed by atoms with E-state index in [-0.39, 0.29) is 24.8 Å². The number of aliphatic hydroxyl groups is 1. The third kappa shape index (κ3) is 41.7. The Morgan fingerprint density at radius 1 is 0.491 bits per heavy atom. The number of hydrogen-bond donors (Lipinski definition) is 1. The van der Waals surface area contributed by atoms with Crippen LogP contribution in [0.4, 0.5) is 0 Å². The smallest absolute Gasteiger partial charge is 0.305 e. The molecule has 0 radical (unpaired) electrons. The van der Waals surface area contributed by atoms with E-state index in [0.29, 0.717) is 45.7 Å². The van der Waals surface area contributed by atoms with Gasteiger partial charge in [0.25, 0.3) is 0 Å². The Balaban J connectivity index is 4.03. The first-order chi connectivity index (χ1) is 27.1. The molecule has 0 atom stereocenters. The number of ether oxygens (including phenoxy) is 4. The standard InChI is InChI=1S/C47H89NO7/c1-4-7-10-13-16-24-29-41-52-45(50)34-26-19-17-20-27-37-48(39-33-40-49)38-28-21-18-25-30-42-53-46(51)35-36-47(54-43-31-22-14-11-8-5-2)55-44-32-23-15-12-9-6-3/h8-9,11-12,47,49H,4-7,10,13-44H2,1-3H3/b11-8-,12-9-. The molecule has 0 aromatic carbocycles. The fourth-order valence-electron chi connectivity index (χ4n) is 6.49. The molecule has 0 aromatic rings. The molecule has 0 heterocycles. The number of unbranched alkanes of at least 4 members (excludes halogenated alkanes) is 18. The molecule has 0 aliphatic carbocycles. The van der Waals surface area contributed by atoms with E-state index < -0.39 is 0 Å². The number of nitrogens with zero attached hydrogens (tertiary/aromatic N) is 1. The number of carbonyl (C=O) groups excluding carboxylic acids is 2. The third-order valence-electron chi connectivity index (χ3n) is 9.91. The molecule has 0 amide bonds. The third-order valence-corrected chi connectivity index (χ3v) is 9.91. The molecule has 8 nitrogen and oxygen atoms in total. The lowest BCUT2D eigenvalue weighted by atomic mass is 10.1. The van der Waals surface area contributed by atoms with Gasteiger partial charge in [0.2, 0.25) is 0 Å². The van der Waals surface area contributed by atoms with Crippen LogP contribution in [0.3, 0.4) is 0 Å². The van der Waals surface area contributed by atoms with Crippen molar-refractivity contribution < 1.29 is 33.6 Å². The highest BCUT2D eigenvalue weighted by Crippen LogP contribution is 2.13. The Morgan fingerprint density at radius 3 is 1.44 bits per heavy atom. The predicted molar refractivity (Wildman–Crippen MR) is 230 cm³/mol. The molecule has 0 aliphatic rings. The summed E-state index contributed by atoms with van der Waals surface area (Å²) in [4.78, 5) is 27.0. The zero-order valence-electron chi connectivity index (χ0n) is 36.4. The lowest BCUT2D eigenvalue weighted by molar-refractivity contribution is -0.159. The highest BCUT2D eigenvalue weighted by molar-refractivity contribution is 5.69. The normalized spacial score (nSPS) is 11.9. The molecule has 8 heteroatoms. The Kier molecular flexibility index (Phi) is 43.5. The Bertz CT molecular complexity index is 840. The van der Waals surface area contributed by atoms with Crippen molar-refractivity contribution in [3.8, 4) is 0 Å². The largest absolute Gasteiger partial charge is 0.466 e. The van der Waals surface area contributed by atoms with Crippen molar-refractivity contribution in [2.45, 2.75) is 213 Å². The molecule has 0 unspecified atom stereocenters. The summed E-state index contributed by atoms with van der Waals surface area (Å²) in [6.45, 7) is 12.2. The minimum absolute atomic E-state index is 0.0349. The van der Waals surface area contributed by atoms with Crippen LogP contribution in [0, 0.1) is 0 Å². The average Bonchev–Trinajstić information content (AvgIpc) is 3.19. The van der Waals surface area contributed by atoms with Crippen LogP contribution in [-0.4, -0.2) is 80.9 Å². The van der Waals surface area contributed by atoms with Gasteiger partial charge in [0, 0.05) is 39.2 Å². The number of allylic oxidation sites excluding steroid dienone is 4. The van der Waals surface area contributed by atoms with Crippen LogP contribution in [0.15, 0.2) is 24.3 Å². The van der Waals surface area contributed by atoms with Gasteiger partial charge in [0.1, 0.15) is 0 Å². The van der Waals surface area contributed by atoms with E-state index in [2.05, 4.69) is 50.0 Å². The lowest BCUT2D eigenvalue weighted by Crippen LogP contribution is -2.27. The maximum absolute atomic E-state index is 12.5. The number of esters is 2. The average molecular weight is 780 g/mol. The quantitative estimate of drug-likeness (QED) is 0.0283. The first kappa shape index (κ1) is 53.3. The fourth-order valence-corrected chi connectivity index (χ4v) is 6.49. The molecule has 0 aliphatic heterocycles. The summed E-state index contributed by atoms with van der Waals surface area (Å²) < 4.78 is 23.0. The maximum Gasteiger partial charge on any atom is 0.305 e. The zero-order chi connectivity index (χ0) is 40.1. The molecule has 0 rings (SSSR count). The van der Waals surface area contributed by atoms with E-state index in [1.165, 1.54) is 44.9 Å². The summed E-state index contributed by atoms with van der Waals surface area (Å²) in [5.74, 6) is -0.199. The van der Waals surface area contributed by atoms with Crippen molar-refractivity contribution in [2.24, 2.45) is 0 Å². The number of aliphatic hydroxyl groups excluding tert-OH is 1. The van der Waals surface area contributed by atoms with Gasteiger partial charge in [-0.3, -0.25) is 9.59 Å². The van der Waals surface area contributed by atoms with Crippen molar-refractivity contribution >= 4 is 11.9 Å². The molecular formula is C47H89NO7. The van der Waals surface area contributed by atoms with Crippen LogP contribution in [0.5, 0.6) is 0 Å². The lowest BCUT2D eigenvalue weighted by Gasteiger charge is -2.22. The second-order valence-electron chi connectivity index (χ2n) is 15.2. The van der Waals surface area contributed by atoms with E-state index in [1.807, 2.05) is 0 Å². The van der Waals surface area contributed by atoms with Crippen LogP contribution in [-0.2, 0) is 28.5 Å². The summed E-state index contributed by atoms with van der Waals surface area (Å²) in [6.07, 6.45) is 38.8. The van der Waals surface area contributed by atoms with Crippen LogP contribution >= 0.6 is 0 Å². The summed E-state index contributed by atoms with van der Waals surface area (Å²) >= 11 is 0. The first-order valence-corrected chi connectivity index (χ1v) is 23.2. The maximum atomic E-state index is 12.5. The van der Waals surface area contributed by atoms with Crippen LogP contribution in [0.1, 0.15) is 207 Å². The Labute approximate surface area is 339 Å². The van der Waals surface area contributed by atoms with Gasteiger partial charge in [0.15, 0.2) is 6.29 Å². The molecule has 324 valence electrons. The molecule has 55 heavy (non-hydrogen) atoms. The number of rotatable bonds is 44. The van der Waals surface area contributed by atoms with E-state index in [1.54, 1.807) is 0 Å². The van der Waals surface area contributed by atoms with Gasteiger partial charge < -0.3 is 29.0 Å². The van der Waals surface area contributed by atoms with Crippen molar-refractivity contribution in [1.82, 2.24) is 4.90 Å². The summed E-state index contributed by atoms with van der Waals surface area (Å²) in [6, 6.07) is 0. The van der Waals surface area contributed by atoms with Gasteiger partial charge in [-0.2, -0.15) is 0 Å². The predicted octanol–water partition coefficient (Wildman–Crippen LogP) is 12.2. The monoisotopic (exact) mass is 780 g/mol. The molecule has 0 saturated heterocycles. The highest BCUT2D eigenvalue weighted by atomic mass is 16.7. The molecule has 0 spiro atoms. The van der Waals surface area contributed by atoms with Crippen LogP contribution in [0.25, 0.3) is 0 Å². The fraction of sp³-hybridized carbons (Fsp3) is 0.872. The second-order valence-corrected chi connectivity index (χ2v) is 15.2.